The molecule has 3 rings (SSSR count). The van der Waals surface area contributed by atoms with E-state index in [-0.39, 0.29) is 5.56 Å². The van der Waals surface area contributed by atoms with Gasteiger partial charge in [0.25, 0.3) is 0 Å². The van der Waals surface area contributed by atoms with Gasteiger partial charge in [0.05, 0.1) is 5.56 Å². The van der Waals surface area contributed by atoms with Gasteiger partial charge in [-0.3, -0.25) is 4.90 Å². The zero-order chi connectivity index (χ0) is 13.2. The summed E-state index contributed by atoms with van der Waals surface area (Å²) in [6, 6.07) is 7.57. The summed E-state index contributed by atoms with van der Waals surface area (Å²) in [5.41, 5.74) is 1.22. The van der Waals surface area contributed by atoms with E-state index < -0.39 is 5.82 Å². The maximum atomic E-state index is 13.3. The highest BCUT2D eigenvalue weighted by molar-refractivity contribution is 5.34. The molecule has 0 aromatic heterocycles. The number of nitrogens with zero attached hydrogens (tertiary/aromatic N) is 2. The molecular formula is C16H19FN2. The smallest absolute Gasteiger partial charge is 0.140 e. The largest absolute Gasteiger partial charge is 0.296 e. The molecule has 100 valence electrons. The molecule has 0 radical (unpaired) electrons. The van der Waals surface area contributed by atoms with Gasteiger partial charge in [0.2, 0.25) is 0 Å². The van der Waals surface area contributed by atoms with Crippen LogP contribution in [0.25, 0.3) is 0 Å². The van der Waals surface area contributed by atoms with Gasteiger partial charge in [0.1, 0.15) is 11.9 Å². The molecule has 2 atom stereocenters. The van der Waals surface area contributed by atoms with Crippen molar-refractivity contribution in [1.29, 1.82) is 5.26 Å². The van der Waals surface area contributed by atoms with Crippen molar-refractivity contribution in [3.63, 3.8) is 0 Å². The maximum absolute atomic E-state index is 13.3. The van der Waals surface area contributed by atoms with Crippen LogP contribution >= 0.6 is 0 Å². The van der Waals surface area contributed by atoms with Crippen molar-refractivity contribution in [3.8, 4) is 6.07 Å². The minimum atomic E-state index is -0.414. The molecule has 1 heterocycles. The number of rotatable bonds is 2. The zero-order valence-electron chi connectivity index (χ0n) is 11.1. The Morgan fingerprint density at radius 3 is 2.95 bits per heavy atom. The number of likely N-dealkylation sites (tertiary alicyclic amines) is 1. The molecule has 0 amide bonds. The van der Waals surface area contributed by atoms with Gasteiger partial charge in [-0.25, -0.2) is 4.39 Å². The van der Waals surface area contributed by atoms with Gasteiger partial charge in [-0.2, -0.15) is 5.26 Å². The van der Waals surface area contributed by atoms with Crippen molar-refractivity contribution in [2.24, 2.45) is 5.92 Å². The van der Waals surface area contributed by atoms with Gasteiger partial charge in [0.15, 0.2) is 0 Å². The van der Waals surface area contributed by atoms with Crippen LogP contribution in [-0.2, 0) is 6.54 Å². The van der Waals surface area contributed by atoms with Crippen molar-refractivity contribution in [3.05, 3.63) is 35.1 Å². The molecule has 1 aromatic rings. The molecule has 2 fully saturated rings. The molecule has 2 unspecified atom stereocenters. The summed E-state index contributed by atoms with van der Waals surface area (Å²) in [5.74, 6) is 0.452. The first-order valence-corrected chi connectivity index (χ1v) is 7.20. The first kappa shape index (κ1) is 12.6. The van der Waals surface area contributed by atoms with E-state index in [1.165, 1.54) is 38.2 Å². The topological polar surface area (TPSA) is 27.0 Å². The molecule has 19 heavy (non-hydrogen) atoms. The Labute approximate surface area is 113 Å². The standard InChI is InChI=1S/C16H19FN2/c17-15-6-5-12(9-14(15)10-18)11-19-8-7-13-3-1-2-4-16(13)19/h5-6,9,13,16H,1-4,7-8,11H2. The maximum Gasteiger partial charge on any atom is 0.140 e. The average molecular weight is 258 g/mol. The van der Waals surface area contributed by atoms with E-state index in [0.717, 1.165) is 24.6 Å². The van der Waals surface area contributed by atoms with Crippen LogP contribution in [0, 0.1) is 23.1 Å². The molecule has 0 N–H and O–H groups in total. The number of hydrogen-bond donors (Lipinski definition) is 0. The fraction of sp³-hybridized carbons (Fsp3) is 0.562. The summed E-state index contributed by atoms with van der Waals surface area (Å²) < 4.78 is 13.3. The highest BCUT2D eigenvalue weighted by Gasteiger charge is 2.35. The highest BCUT2D eigenvalue weighted by atomic mass is 19.1. The number of benzene rings is 1. The predicted molar refractivity (Wildman–Crippen MR) is 71.9 cm³/mol. The Hall–Kier alpha value is -1.40. The van der Waals surface area contributed by atoms with Gasteiger partial charge in [-0.05, 0) is 49.4 Å². The lowest BCUT2D eigenvalue weighted by molar-refractivity contribution is 0.176. The van der Waals surface area contributed by atoms with E-state index in [1.807, 2.05) is 12.1 Å². The normalized spacial score (nSPS) is 26.9. The molecule has 1 aromatic carbocycles. The number of halogens is 1. The third-order valence-electron chi connectivity index (χ3n) is 4.66. The van der Waals surface area contributed by atoms with Gasteiger partial charge < -0.3 is 0 Å². The summed E-state index contributed by atoms with van der Waals surface area (Å²) in [6.45, 7) is 2.00. The Morgan fingerprint density at radius 1 is 1.26 bits per heavy atom. The fourth-order valence-corrected chi connectivity index (χ4v) is 3.69. The fourth-order valence-electron chi connectivity index (χ4n) is 3.69. The van der Waals surface area contributed by atoms with E-state index in [9.17, 15) is 4.39 Å². The van der Waals surface area contributed by atoms with Gasteiger partial charge in [0, 0.05) is 12.6 Å². The number of hydrogen-bond acceptors (Lipinski definition) is 2. The predicted octanol–water partition coefficient (Wildman–Crippen LogP) is 3.46. The second kappa shape index (κ2) is 5.30. The minimum absolute atomic E-state index is 0.164. The Morgan fingerprint density at radius 2 is 2.11 bits per heavy atom. The number of fused-ring (bicyclic) bond motifs is 1. The lowest BCUT2D eigenvalue weighted by atomic mass is 9.85. The van der Waals surface area contributed by atoms with Crippen LogP contribution in [0.15, 0.2) is 18.2 Å². The molecule has 1 saturated carbocycles. The highest BCUT2D eigenvalue weighted by Crippen LogP contribution is 2.36. The van der Waals surface area contributed by atoms with Gasteiger partial charge >= 0.3 is 0 Å². The second-order valence-corrected chi connectivity index (χ2v) is 5.80. The van der Waals surface area contributed by atoms with Gasteiger partial charge in [-0.15, -0.1) is 0 Å². The summed E-state index contributed by atoms with van der Waals surface area (Å²) >= 11 is 0. The SMILES string of the molecule is N#Cc1cc(CN2CCC3CCCCC32)ccc1F. The third-order valence-corrected chi connectivity index (χ3v) is 4.66. The third kappa shape index (κ3) is 2.50. The first-order chi connectivity index (χ1) is 9.28. The lowest BCUT2D eigenvalue weighted by Crippen LogP contribution is -2.34. The van der Waals surface area contributed by atoms with Crippen molar-refractivity contribution >= 4 is 0 Å². The second-order valence-electron chi connectivity index (χ2n) is 5.80. The molecular weight excluding hydrogens is 239 g/mol. The van der Waals surface area contributed by atoms with Gasteiger partial charge in [-0.1, -0.05) is 18.9 Å². The first-order valence-electron chi connectivity index (χ1n) is 7.20. The Kier molecular flexibility index (Phi) is 3.52. The van der Waals surface area contributed by atoms with Crippen molar-refractivity contribution in [2.75, 3.05) is 6.54 Å². The molecule has 3 heteroatoms. The van der Waals surface area contributed by atoms with E-state index in [2.05, 4.69) is 4.90 Å². The zero-order valence-corrected chi connectivity index (χ0v) is 11.1. The Balaban J connectivity index is 1.73. The van der Waals surface area contributed by atoms with E-state index in [0.29, 0.717) is 6.04 Å². The van der Waals surface area contributed by atoms with Crippen LogP contribution in [-0.4, -0.2) is 17.5 Å². The van der Waals surface area contributed by atoms with Crippen molar-refractivity contribution < 1.29 is 4.39 Å². The number of nitriles is 1. The molecule has 1 aliphatic carbocycles. The average Bonchev–Trinajstić information content (AvgIpc) is 2.84. The quantitative estimate of drug-likeness (QED) is 0.812. The summed E-state index contributed by atoms with van der Waals surface area (Å²) in [7, 11) is 0. The molecule has 2 nitrogen and oxygen atoms in total. The van der Waals surface area contributed by atoms with Crippen LogP contribution in [0.5, 0.6) is 0 Å². The summed E-state index contributed by atoms with van der Waals surface area (Å²) in [4.78, 5) is 2.53. The minimum Gasteiger partial charge on any atom is -0.296 e. The van der Waals surface area contributed by atoms with E-state index in [4.69, 9.17) is 5.26 Å². The van der Waals surface area contributed by atoms with Crippen LogP contribution in [0.2, 0.25) is 0 Å². The van der Waals surface area contributed by atoms with E-state index in [1.54, 1.807) is 6.07 Å². The summed E-state index contributed by atoms with van der Waals surface area (Å²) in [5, 5.41) is 8.89. The monoisotopic (exact) mass is 258 g/mol. The molecule has 1 aliphatic heterocycles. The van der Waals surface area contributed by atoms with Crippen LogP contribution in [0.1, 0.15) is 43.2 Å². The van der Waals surface area contributed by atoms with Crippen molar-refractivity contribution in [2.45, 2.75) is 44.7 Å². The molecule has 0 bridgehead atoms. The summed E-state index contributed by atoms with van der Waals surface area (Å²) in [6.07, 6.45) is 6.69. The Bertz CT molecular complexity index is 506. The van der Waals surface area contributed by atoms with Crippen LogP contribution < -0.4 is 0 Å². The molecule has 0 spiro atoms. The molecule has 2 aliphatic rings. The van der Waals surface area contributed by atoms with Crippen LogP contribution in [0.3, 0.4) is 0 Å². The van der Waals surface area contributed by atoms with Crippen LogP contribution in [0.4, 0.5) is 4.39 Å². The lowest BCUT2D eigenvalue weighted by Gasteiger charge is -2.31. The molecule has 1 saturated heterocycles. The van der Waals surface area contributed by atoms with Crippen molar-refractivity contribution in [1.82, 2.24) is 4.90 Å². The van der Waals surface area contributed by atoms with E-state index >= 15 is 0 Å².